The molecule has 2 rings (SSSR count). The van der Waals surface area contributed by atoms with Crippen molar-refractivity contribution in [2.45, 2.75) is 13.3 Å². The molecule has 0 N–H and O–H groups in total. The second-order valence-corrected chi connectivity index (χ2v) is 3.13. The van der Waals surface area contributed by atoms with Gasteiger partial charge in [-0.2, -0.15) is 9.90 Å². The number of carbonyl (C=O) groups excluding carboxylic acids is 1. The van der Waals surface area contributed by atoms with Crippen LogP contribution in [0.15, 0.2) is 30.3 Å². The minimum absolute atomic E-state index is 0.418. The highest BCUT2D eigenvalue weighted by atomic mass is 16.1. The zero-order valence-corrected chi connectivity index (χ0v) is 8.42. The Morgan fingerprint density at radius 3 is 2.53 bits per heavy atom. The van der Waals surface area contributed by atoms with Gasteiger partial charge >= 0.3 is 0 Å². The number of para-hydroxylation sites is 1. The highest BCUT2D eigenvalue weighted by molar-refractivity contribution is 5.73. The summed E-state index contributed by atoms with van der Waals surface area (Å²) in [7, 11) is 0. The molecule has 0 aliphatic rings. The molecule has 4 nitrogen and oxygen atoms in total. The second-order valence-electron chi connectivity index (χ2n) is 3.13. The van der Waals surface area contributed by atoms with Gasteiger partial charge in [0.2, 0.25) is 0 Å². The third-order valence-electron chi connectivity index (χ3n) is 2.15. The van der Waals surface area contributed by atoms with Gasteiger partial charge in [0.05, 0.1) is 11.4 Å². The van der Waals surface area contributed by atoms with Gasteiger partial charge in [0, 0.05) is 0 Å². The van der Waals surface area contributed by atoms with Crippen LogP contribution in [0.4, 0.5) is 0 Å². The number of aryl methyl sites for hydroxylation is 1. The van der Waals surface area contributed by atoms with Crippen molar-refractivity contribution in [2.75, 3.05) is 0 Å². The standard InChI is InChI=1S/C11H11N3O/c1-2-10-11(8-15)13-14(12-10)9-6-4-3-5-7-9/h3-8H,2H2,1H3. The van der Waals surface area contributed by atoms with Crippen molar-refractivity contribution in [2.24, 2.45) is 0 Å². The molecular weight excluding hydrogens is 190 g/mol. The Morgan fingerprint density at radius 2 is 2.00 bits per heavy atom. The zero-order valence-electron chi connectivity index (χ0n) is 8.42. The van der Waals surface area contributed by atoms with E-state index in [9.17, 15) is 4.79 Å². The Hall–Kier alpha value is -1.97. The first-order valence-corrected chi connectivity index (χ1v) is 4.82. The maximum absolute atomic E-state index is 10.7. The molecule has 0 aliphatic carbocycles. The van der Waals surface area contributed by atoms with Gasteiger partial charge < -0.3 is 0 Å². The van der Waals surface area contributed by atoms with Crippen molar-refractivity contribution >= 4 is 6.29 Å². The van der Waals surface area contributed by atoms with Crippen molar-refractivity contribution in [3.8, 4) is 5.69 Å². The molecule has 0 amide bonds. The van der Waals surface area contributed by atoms with Gasteiger partial charge in [-0.05, 0) is 18.6 Å². The number of hydrogen-bond donors (Lipinski definition) is 0. The highest BCUT2D eigenvalue weighted by Crippen LogP contribution is 2.07. The fraction of sp³-hybridized carbons (Fsp3) is 0.182. The van der Waals surface area contributed by atoms with Crippen molar-refractivity contribution in [1.82, 2.24) is 15.0 Å². The summed E-state index contributed by atoms with van der Waals surface area (Å²) < 4.78 is 0. The lowest BCUT2D eigenvalue weighted by molar-refractivity contribution is 0.111. The Kier molecular flexibility index (Phi) is 2.58. The number of benzene rings is 1. The molecule has 1 aromatic heterocycles. The number of aromatic nitrogens is 3. The SMILES string of the molecule is CCc1nn(-c2ccccc2)nc1C=O. The van der Waals surface area contributed by atoms with Crippen LogP contribution in [0.1, 0.15) is 23.1 Å². The predicted molar refractivity (Wildman–Crippen MR) is 56.1 cm³/mol. The van der Waals surface area contributed by atoms with Crippen molar-refractivity contribution in [3.63, 3.8) is 0 Å². The summed E-state index contributed by atoms with van der Waals surface area (Å²) in [6.07, 6.45) is 1.45. The van der Waals surface area contributed by atoms with Gasteiger partial charge in [-0.25, -0.2) is 0 Å². The van der Waals surface area contributed by atoms with Gasteiger partial charge in [0.25, 0.3) is 0 Å². The summed E-state index contributed by atoms with van der Waals surface area (Å²) in [5.41, 5.74) is 2.01. The second kappa shape index (κ2) is 4.04. The monoisotopic (exact) mass is 201 g/mol. The Bertz CT molecular complexity index is 462. The molecule has 0 atom stereocenters. The van der Waals surface area contributed by atoms with Crippen LogP contribution in [-0.4, -0.2) is 21.3 Å². The number of aldehydes is 1. The molecule has 1 heterocycles. The molecule has 0 aliphatic heterocycles. The highest BCUT2D eigenvalue weighted by Gasteiger charge is 2.08. The van der Waals surface area contributed by atoms with Crippen LogP contribution in [0.5, 0.6) is 0 Å². The van der Waals surface area contributed by atoms with Crippen LogP contribution >= 0.6 is 0 Å². The van der Waals surface area contributed by atoms with Crippen LogP contribution in [0.3, 0.4) is 0 Å². The quantitative estimate of drug-likeness (QED) is 0.709. The lowest BCUT2D eigenvalue weighted by Crippen LogP contribution is -1.98. The van der Waals surface area contributed by atoms with Crippen molar-refractivity contribution in [1.29, 1.82) is 0 Å². The van der Waals surface area contributed by atoms with Crippen LogP contribution in [0.2, 0.25) is 0 Å². The van der Waals surface area contributed by atoms with Crippen LogP contribution in [-0.2, 0) is 6.42 Å². The first-order valence-electron chi connectivity index (χ1n) is 4.82. The Morgan fingerprint density at radius 1 is 1.27 bits per heavy atom. The average Bonchev–Trinajstić information content (AvgIpc) is 2.73. The molecule has 0 fully saturated rings. The molecule has 2 aromatic rings. The summed E-state index contributed by atoms with van der Waals surface area (Å²) in [6, 6.07) is 9.53. The summed E-state index contributed by atoms with van der Waals surface area (Å²) in [5.74, 6) is 0. The van der Waals surface area contributed by atoms with E-state index in [-0.39, 0.29) is 0 Å². The molecule has 4 heteroatoms. The molecule has 0 saturated heterocycles. The van der Waals surface area contributed by atoms with Crippen LogP contribution in [0, 0.1) is 0 Å². The molecule has 1 aromatic carbocycles. The predicted octanol–water partition coefficient (Wildman–Crippen LogP) is 1.64. The number of carbonyl (C=O) groups is 1. The fourth-order valence-corrected chi connectivity index (χ4v) is 1.37. The van der Waals surface area contributed by atoms with E-state index < -0.39 is 0 Å². The van der Waals surface area contributed by atoms with Crippen LogP contribution < -0.4 is 0 Å². The fourth-order valence-electron chi connectivity index (χ4n) is 1.37. The Balaban J connectivity index is 2.46. The summed E-state index contributed by atoms with van der Waals surface area (Å²) in [4.78, 5) is 12.2. The normalized spacial score (nSPS) is 10.2. The number of rotatable bonds is 3. The summed E-state index contributed by atoms with van der Waals surface area (Å²) in [5, 5.41) is 8.35. The van der Waals surface area contributed by atoms with E-state index >= 15 is 0 Å². The molecule has 0 radical (unpaired) electrons. The molecule has 0 unspecified atom stereocenters. The summed E-state index contributed by atoms with van der Waals surface area (Å²) >= 11 is 0. The van der Waals surface area contributed by atoms with E-state index in [1.54, 1.807) is 0 Å². The molecule has 0 spiro atoms. The first kappa shape index (κ1) is 9.58. The first-order chi connectivity index (χ1) is 7.35. The maximum Gasteiger partial charge on any atom is 0.172 e. The molecule has 0 saturated carbocycles. The molecular formula is C11H11N3O. The van der Waals surface area contributed by atoms with Gasteiger partial charge in [0.1, 0.15) is 5.69 Å². The van der Waals surface area contributed by atoms with Gasteiger partial charge in [-0.3, -0.25) is 4.79 Å². The summed E-state index contributed by atoms with van der Waals surface area (Å²) in [6.45, 7) is 1.95. The van der Waals surface area contributed by atoms with Gasteiger partial charge in [0.15, 0.2) is 6.29 Å². The minimum Gasteiger partial charge on any atom is -0.296 e. The van der Waals surface area contributed by atoms with E-state index in [1.807, 2.05) is 37.3 Å². The smallest absolute Gasteiger partial charge is 0.172 e. The van der Waals surface area contributed by atoms with Gasteiger partial charge in [-0.1, -0.05) is 25.1 Å². The third kappa shape index (κ3) is 1.79. The average molecular weight is 201 g/mol. The molecule has 15 heavy (non-hydrogen) atoms. The van der Waals surface area contributed by atoms with E-state index in [0.717, 1.165) is 17.7 Å². The van der Waals surface area contributed by atoms with E-state index in [0.29, 0.717) is 12.1 Å². The minimum atomic E-state index is 0.418. The lowest BCUT2D eigenvalue weighted by Gasteiger charge is -1.96. The molecule has 76 valence electrons. The van der Waals surface area contributed by atoms with Crippen LogP contribution in [0.25, 0.3) is 5.69 Å². The molecule has 0 bridgehead atoms. The topological polar surface area (TPSA) is 47.8 Å². The lowest BCUT2D eigenvalue weighted by atomic mass is 10.3. The van der Waals surface area contributed by atoms with E-state index in [4.69, 9.17) is 0 Å². The third-order valence-corrected chi connectivity index (χ3v) is 2.15. The maximum atomic E-state index is 10.7. The van der Waals surface area contributed by atoms with Gasteiger partial charge in [-0.15, -0.1) is 5.10 Å². The van der Waals surface area contributed by atoms with Crippen molar-refractivity contribution < 1.29 is 4.79 Å². The van der Waals surface area contributed by atoms with Crippen molar-refractivity contribution in [3.05, 3.63) is 41.7 Å². The zero-order chi connectivity index (χ0) is 10.7. The Labute approximate surface area is 87.5 Å². The van der Waals surface area contributed by atoms with E-state index in [1.165, 1.54) is 4.80 Å². The largest absolute Gasteiger partial charge is 0.296 e. The number of hydrogen-bond acceptors (Lipinski definition) is 3. The number of nitrogens with zero attached hydrogens (tertiary/aromatic N) is 3. The van der Waals surface area contributed by atoms with E-state index in [2.05, 4.69) is 10.2 Å².